The van der Waals surface area contributed by atoms with E-state index >= 15 is 0 Å². The maximum atomic E-state index is 12.7. The largest absolute Gasteiger partial charge is 0.478 e. The van der Waals surface area contributed by atoms with Crippen molar-refractivity contribution >= 4 is 17.8 Å². The normalized spacial score (nSPS) is 18.5. The van der Waals surface area contributed by atoms with E-state index in [4.69, 9.17) is 5.11 Å². The number of carboxylic acids is 1. The van der Waals surface area contributed by atoms with Gasteiger partial charge in [0.1, 0.15) is 6.04 Å². The van der Waals surface area contributed by atoms with Crippen molar-refractivity contribution in [2.45, 2.75) is 64.5 Å². The van der Waals surface area contributed by atoms with Gasteiger partial charge in [0.2, 0.25) is 11.8 Å². The monoisotopic (exact) mass is 372 g/mol. The van der Waals surface area contributed by atoms with Crippen LogP contribution in [-0.4, -0.2) is 40.4 Å². The second-order valence-electron chi connectivity index (χ2n) is 7.80. The van der Waals surface area contributed by atoms with Crippen molar-refractivity contribution in [1.29, 1.82) is 0 Å². The lowest BCUT2D eigenvalue weighted by Gasteiger charge is -2.31. The van der Waals surface area contributed by atoms with Crippen molar-refractivity contribution in [2.24, 2.45) is 5.92 Å². The summed E-state index contributed by atoms with van der Waals surface area (Å²) in [7, 11) is 0. The smallest absolute Gasteiger partial charge is 0.335 e. The highest BCUT2D eigenvalue weighted by Gasteiger charge is 2.27. The molecular weight excluding hydrogens is 344 g/mol. The molecule has 6 nitrogen and oxygen atoms in total. The van der Waals surface area contributed by atoms with Crippen molar-refractivity contribution in [3.8, 4) is 0 Å². The molecule has 0 bridgehead atoms. The second kappa shape index (κ2) is 8.55. The number of rotatable bonds is 5. The summed E-state index contributed by atoms with van der Waals surface area (Å²) in [4.78, 5) is 37.9. The Kier molecular flexibility index (Phi) is 6.14. The molecule has 2 N–H and O–H groups in total. The Bertz CT molecular complexity index is 725. The minimum Gasteiger partial charge on any atom is -0.478 e. The molecule has 1 aliphatic heterocycles. The van der Waals surface area contributed by atoms with Gasteiger partial charge in [0.25, 0.3) is 0 Å². The number of hydrogen-bond donors (Lipinski definition) is 2. The van der Waals surface area contributed by atoms with Crippen LogP contribution in [0.3, 0.4) is 0 Å². The third-order valence-corrected chi connectivity index (χ3v) is 5.72. The van der Waals surface area contributed by atoms with Crippen LogP contribution in [0.5, 0.6) is 0 Å². The molecule has 1 unspecified atom stereocenters. The zero-order valence-electron chi connectivity index (χ0n) is 15.9. The first-order chi connectivity index (χ1) is 12.9. The summed E-state index contributed by atoms with van der Waals surface area (Å²) in [6.07, 6.45) is 7.05. The van der Waals surface area contributed by atoms with Gasteiger partial charge in [0.05, 0.1) is 5.56 Å². The predicted octanol–water partition coefficient (Wildman–Crippen LogP) is 2.74. The van der Waals surface area contributed by atoms with Gasteiger partial charge in [-0.2, -0.15) is 0 Å². The SMILES string of the molecule is CC(NC(=O)CC1CCCCC1)C(=O)N1CCc2ccc(C(=O)O)cc2C1. The van der Waals surface area contributed by atoms with E-state index in [1.165, 1.54) is 19.3 Å². The number of nitrogens with zero attached hydrogens (tertiary/aromatic N) is 1. The molecule has 27 heavy (non-hydrogen) atoms. The number of carbonyl (C=O) groups is 3. The molecule has 1 fully saturated rings. The highest BCUT2D eigenvalue weighted by atomic mass is 16.4. The third-order valence-electron chi connectivity index (χ3n) is 5.72. The minimum atomic E-state index is -0.968. The molecule has 1 aliphatic carbocycles. The van der Waals surface area contributed by atoms with E-state index in [0.717, 1.165) is 24.0 Å². The number of nitrogens with one attached hydrogen (secondary N) is 1. The highest BCUT2D eigenvalue weighted by molar-refractivity contribution is 5.89. The van der Waals surface area contributed by atoms with Crippen LogP contribution in [0, 0.1) is 5.92 Å². The standard InChI is InChI=1S/C21H28N2O4/c1-14(22-19(24)11-15-5-3-2-4-6-15)20(25)23-10-9-16-7-8-17(21(26)27)12-18(16)13-23/h7-8,12,14-15H,2-6,9-11,13H2,1H3,(H,22,24)(H,26,27). The summed E-state index contributed by atoms with van der Waals surface area (Å²) in [5.41, 5.74) is 2.19. The first-order valence-electron chi connectivity index (χ1n) is 9.87. The molecule has 146 valence electrons. The first kappa shape index (κ1) is 19.4. The summed E-state index contributed by atoms with van der Waals surface area (Å²) in [6, 6.07) is 4.51. The molecule has 0 aromatic heterocycles. The number of fused-ring (bicyclic) bond motifs is 1. The number of amides is 2. The number of benzene rings is 1. The number of hydrogen-bond acceptors (Lipinski definition) is 3. The molecule has 1 heterocycles. The molecule has 2 aliphatic rings. The minimum absolute atomic E-state index is 0.0478. The summed E-state index contributed by atoms with van der Waals surface area (Å²) in [6.45, 7) is 2.70. The van der Waals surface area contributed by atoms with Gasteiger partial charge in [-0.3, -0.25) is 9.59 Å². The average molecular weight is 372 g/mol. The average Bonchev–Trinajstić information content (AvgIpc) is 2.67. The quantitative estimate of drug-likeness (QED) is 0.832. The van der Waals surface area contributed by atoms with Crippen molar-refractivity contribution in [1.82, 2.24) is 10.2 Å². The Morgan fingerprint density at radius 2 is 1.93 bits per heavy atom. The molecule has 0 radical (unpaired) electrons. The van der Waals surface area contributed by atoms with E-state index in [1.54, 1.807) is 24.0 Å². The van der Waals surface area contributed by atoms with E-state index in [-0.39, 0.29) is 17.4 Å². The van der Waals surface area contributed by atoms with Gasteiger partial charge in [-0.05, 0) is 55.4 Å². The van der Waals surface area contributed by atoms with Crippen LogP contribution in [0.4, 0.5) is 0 Å². The predicted molar refractivity (Wildman–Crippen MR) is 101 cm³/mol. The van der Waals surface area contributed by atoms with E-state index in [1.807, 2.05) is 6.07 Å². The maximum Gasteiger partial charge on any atom is 0.335 e. The maximum absolute atomic E-state index is 12.7. The second-order valence-corrected chi connectivity index (χ2v) is 7.80. The van der Waals surface area contributed by atoms with Crippen LogP contribution in [0.15, 0.2) is 18.2 Å². The molecule has 3 rings (SSSR count). The van der Waals surface area contributed by atoms with Gasteiger partial charge >= 0.3 is 5.97 Å². The van der Waals surface area contributed by atoms with Crippen LogP contribution >= 0.6 is 0 Å². The van der Waals surface area contributed by atoms with Crippen molar-refractivity contribution < 1.29 is 19.5 Å². The van der Waals surface area contributed by atoms with Crippen molar-refractivity contribution in [2.75, 3.05) is 6.54 Å². The molecule has 6 heteroatoms. The van der Waals surface area contributed by atoms with Gasteiger partial charge in [-0.1, -0.05) is 25.3 Å². The molecule has 2 amide bonds. The first-order valence-corrected chi connectivity index (χ1v) is 9.87. The van der Waals surface area contributed by atoms with Gasteiger partial charge in [-0.25, -0.2) is 4.79 Å². The fourth-order valence-corrected chi connectivity index (χ4v) is 4.17. The fraction of sp³-hybridized carbons (Fsp3) is 0.571. The molecule has 1 aromatic rings. The lowest BCUT2D eigenvalue weighted by atomic mass is 9.87. The van der Waals surface area contributed by atoms with Gasteiger partial charge in [0, 0.05) is 19.5 Å². The van der Waals surface area contributed by atoms with Crippen molar-refractivity contribution in [3.63, 3.8) is 0 Å². The Hall–Kier alpha value is -2.37. The summed E-state index contributed by atoms with van der Waals surface area (Å²) in [5, 5.41) is 12.0. The summed E-state index contributed by atoms with van der Waals surface area (Å²) >= 11 is 0. The molecule has 1 saturated carbocycles. The molecule has 1 atom stereocenters. The highest BCUT2D eigenvalue weighted by Crippen LogP contribution is 2.26. The van der Waals surface area contributed by atoms with E-state index in [9.17, 15) is 14.4 Å². The van der Waals surface area contributed by atoms with Crippen LogP contribution in [0.25, 0.3) is 0 Å². The van der Waals surface area contributed by atoms with Gasteiger partial charge in [0.15, 0.2) is 0 Å². The van der Waals surface area contributed by atoms with Crippen molar-refractivity contribution in [3.05, 3.63) is 34.9 Å². The molecule has 0 saturated heterocycles. The molecule has 1 aromatic carbocycles. The van der Waals surface area contributed by atoms with Crippen LogP contribution in [0.2, 0.25) is 0 Å². The summed E-state index contributed by atoms with van der Waals surface area (Å²) in [5.74, 6) is -0.686. The molecular formula is C21H28N2O4. The lowest BCUT2D eigenvalue weighted by molar-refractivity contribution is -0.137. The third kappa shape index (κ3) is 4.87. The lowest BCUT2D eigenvalue weighted by Crippen LogP contribution is -2.48. The Morgan fingerprint density at radius 3 is 2.63 bits per heavy atom. The zero-order chi connectivity index (χ0) is 19.4. The fourth-order valence-electron chi connectivity index (χ4n) is 4.17. The zero-order valence-corrected chi connectivity index (χ0v) is 15.9. The molecule has 0 spiro atoms. The number of aromatic carboxylic acids is 1. The van der Waals surface area contributed by atoms with Gasteiger partial charge < -0.3 is 15.3 Å². The van der Waals surface area contributed by atoms with E-state index in [2.05, 4.69) is 5.32 Å². The Morgan fingerprint density at radius 1 is 1.19 bits per heavy atom. The van der Waals surface area contributed by atoms with Crippen LogP contribution < -0.4 is 5.32 Å². The summed E-state index contributed by atoms with van der Waals surface area (Å²) < 4.78 is 0. The van der Waals surface area contributed by atoms with Gasteiger partial charge in [-0.15, -0.1) is 0 Å². The topological polar surface area (TPSA) is 86.7 Å². The van der Waals surface area contributed by atoms with Crippen LogP contribution in [-0.2, 0) is 22.6 Å². The Balaban J connectivity index is 1.56. The number of carboxylic acid groups (broad SMARTS) is 1. The van der Waals surface area contributed by atoms with Crippen LogP contribution in [0.1, 0.15) is 66.9 Å². The number of carbonyl (C=O) groups excluding carboxylic acids is 2. The van der Waals surface area contributed by atoms with E-state index < -0.39 is 12.0 Å². The van der Waals surface area contributed by atoms with E-state index in [0.29, 0.717) is 31.8 Å². The Labute approximate surface area is 159 Å².